The summed E-state index contributed by atoms with van der Waals surface area (Å²) in [5.41, 5.74) is 0. The van der Waals surface area contributed by atoms with Crippen LogP contribution in [0, 0.1) is 5.92 Å². The van der Waals surface area contributed by atoms with Crippen LogP contribution in [0.25, 0.3) is 0 Å². The van der Waals surface area contributed by atoms with E-state index in [4.69, 9.17) is 11.6 Å². The Labute approximate surface area is 60.4 Å². The molecule has 1 aliphatic carbocycles. The van der Waals surface area contributed by atoms with Crippen LogP contribution in [0.2, 0.25) is 0 Å². The standard InChI is InChI=1S/C7H11ClO/c1-5(9)6-2-3-7(8)4-6/h6-7H,2-4H2,1H3. The van der Waals surface area contributed by atoms with Crippen LogP contribution < -0.4 is 0 Å². The Morgan fingerprint density at radius 3 is 2.44 bits per heavy atom. The van der Waals surface area contributed by atoms with Gasteiger partial charge in [-0.15, -0.1) is 11.6 Å². The van der Waals surface area contributed by atoms with Crippen LogP contribution in [0.15, 0.2) is 0 Å². The summed E-state index contributed by atoms with van der Waals surface area (Å²) in [5.74, 6) is 0.575. The molecule has 1 aliphatic rings. The Kier molecular flexibility index (Phi) is 2.12. The first-order valence-corrected chi connectivity index (χ1v) is 3.78. The molecule has 1 fully saturated rings. The van der Waals surface area contributed by atoms with E-state index < -0.39 is 0 Å². The van der Waals surface area contributed by atoms with E-state index in [2.05, 4.69) is 0 Å². The highest BCUT2D eigenvalue weighted by Gasteiger charge is 2.25. The number of rotatable bonds is 1. The number of hydrogen-bond acceptors (Lipinski definition) is 1. The van der Waals surface area contributed by atoms with Gasteiger partial charge in [0.1, 0.15) is 5.78 Å². The van der Waals surface area contributed by atoms with Crippen molar-refractivity contribution in [3.63, 3.8) is 0 Å². The minimum Gasteiger partial charge on any atom is -0.300 e. The largest absolute Gasteiger partial charge is 0.300 e. The first kappa shape index (κ1) is 7.07. The van der Waals surface area contributed by atoms with Gasteiger partial charge < -0.3 is 0 Å². The van der Waals surface area contributed by atoms with E-state index in [1.807, 2.05) is 0 Å². The smallest absolute Gasteiger partial charge is 0.132 e. The first-order chi connectivity index (χ1) is 4.20. The van der Waals surface area contributed by atoms with Crippen LogP contribution in [0.3, 0.4) is 0 Å². The molecule has 9 heavy (non-hydrogen) atoms. The lowest BCUT2D eigenvalue weighted by Crippen LogP contribution is -2.05. The van der Waals surface area contributed by atoms with Crippen molar-refractivity contribution in [3.05, 3.63) is 0 Å². The van der Waals surface area contributed by atoms with Gasteiger partial charge in [0.25, 0.3) is 0 Å². The fourth-order valence-corrected chi connectivity index (χ4v) is 1.64. The molecule has 0 aromatic heterocycles. The molecule has 1 saturated carbocycles. The van der Waals surface area contributed by atoms with Crippen LogP contribution in [0.5, 0.6) is 0 Å². The summed E-state index contributed by atoms with van der Waals surface area (Å²) in [5, 5.41) is 0.263. The van der Waals surface area contributed by atoms with Gasteiger partial charge in [0.2, 0.25) is 0 Å². The predicted octanol–water partition coefficient (Wildman–Crippen LogP) is 1.98. The maximum atomic E-state index is 10.7. The van der Waals surface area contributed by atoms with Crippen molar-refractivity contribution in [3.8, 4) is 0 Å². The van der Waals surface area contributed by atoms with Crippen molar-refractivity contribution < 1.29 is 4.79 Å². The normalized spacial score (nSPS) is 34.9. The van der Waals surface area contributed by atoms with E-state index >= 15 is 0 Å². The molecule has 2 unspecified atom stereocenters. The van der Waals surface area contributed by atoms with Crippen LogP contribution >= 0.6 is 11.6 Å². The fraction of sp³-hybridized carbons (Fsp3) is 0.857. The minimum atomic E-state index is 0.263. The molecule has 0 N–H and O–H groups in total. The lowest BCUT2D eigenvalue weighted by Gasteiger charge is -2.00. The molecule has 0 saturated heterocycles. The number of ketones is 1. The summed E-state index contributed by atoms with van der Waals surface area (Å²) in [6.45, 7) is 1.65. The van der Waals surface area contributed by atoms with Gasteiger partial charge in [-0.2, -0.15) is 0 Å². The number of carbonyl (C=O) groups is 1. The molecule has 0 aromatic carbocycles. The van der Waals surface area contributed by atoms with Gasteiger partial charge in [-0.05, 0) is 26.2 Å². The van der Waals surface area contributed by atoms with Crippen molar-refractivity contribution in [2.75, 3.05) is 0 Å². The second-order valence-corrected chi connectivity index (χ2v) is 3.34. The molecule has 0 aliphatic heterocycles. The lowest BCUT2D eigenvalue weighted by atomic mass is 10.0. The number of carbonyl (C=O) groups excluding carboxylic acids is 1. The van der Waals surface area contributed by atoms with Crippen LogP contribution in [0.4, 0.5) is 0 Å². The van der Waals surface area contributed by atoms with Crippen molar-refractivity contribution in [2.45, 2.75) is 31.6 Å². The molecule has 2 atom stereocenters. The summed E-state index contributed by atoms with van der Waals surface area (Å²) >= 11 is 5.80. The second kappa shape index (κ2) is 2.70. The number of alkyl halides is 1. The van der Waals surface area contributed by atoms with E-state index in [-0.39, 0.29) is 11.3 Å². The maximum absolute atomic E-state index is 10.7. The highest BCUT2D eigenvalue weighted by Crippen LogP contribution is 2.29. The SMILES string of the molecule is CC(=O)C1CCC(Cl)C1. The van der Waals surface area contributed by atoms with Crippen molar-refractivity contribution >= 4 is 17.4 Å². The predicted molar refractivity (Wildman–Crippen MR) is 37.7 cm³/mol. The highest BCUT2D eigenvalue weighted by atomic mass is 35.5. The highest BCUT2D eigenvalue weighted by molar-refractivity contribution is 6.20. The molecule has 0 aromatic rings. The Morgan fingerprint density at radius 2 is 2.22 bits per heavy atom. The van der Waals surface area contributed by atoms with E-state index in [1.165, 1.54) is 0 Å². The van der Waals surface area contributed by atoms with Crippen molar-refractivity contribution in [1.29, 1.82) is 0 Å². The zero-order valence-corrected chi connectivity index (χ0v) is 6.32. The molecule has 0 radical (unpaired) electrons. The third-order valence-electron chi connectivity index (χ3n) is 1.94. The molecule has 0 heterocycles. The first-order valence-electron chi connectivity index (χ1n) is 3.34. The van der Waals surface area contributed by atoms with Crippen molar-refractivity contribution in [2.24, 2.45) is 5.92 Å². The minimum absolute atomic E-state index is 0.263. The third-order valence-corrected chi connectivity index (χ3v) is 2.34. The van der Waals surface area contributed by atoms with Gasteiger partial charge >= 0.3 is 0 Å². The zero-order valence-electron chi connectivity index (χ0n) is 5.56. The van der Waals surface area contributed by atoms with Crippen LogP contribution in [-0.2, 0) is 4.79 Å². The summed E-state index contributed by atoms with van der Waals surface area (Å²) in [6, 6.07) is 0. The van der Waals surface area contributed by atoms with Crippen LogP contribution in [0.1, 0.15) is 26.2 Å². The monoisotopic (exact) mass is 146 g/mol. The van der Waals surface area contributed by atoms with E-state index in [0.717, 1.165) is 19.3 Å². The van der Waals surface area contributed by atoms with Crippen molar-refractivity contribution in [1.82, 2.24) is 0 Å². The molecular weight excluding hydrogens is 136 g/mol. The molecule has 0 amide bonds. The molecule has 0 spiro atoms. The van der Waals surface area contributed by atoms with E-state index in [9.17, 15) is 4.79 Å². The van der Waals surface area contributed by atoms with Gasteiger partial charge in [0.15, 0.2) is 0 Å². The molecular formula is C7H11ClO. The van der Waals surface area contributed by atoms with E-state index in [0.29, 0.717) is 5.78 Å². The number of halogens is 1. The lowest BCUT2D eigenvalue weighted by molar-refractivity contribution is -0.120. The quantitative estimate of drug-likeness (QED) is 0.517. The Hall–Kier alpha value is -0.0400. The Bertz CT molecular complexity index is 122. The van der Waals surface area contributed by atoms with Gasteiger partial charge in [-0.1, -0.05) is 0 Å². The Balaban J connectivity index is 2.39. The summed E-state index contributed by atoms with van der Waals surface area (Å²) in [7, 11) is 0. The van der Waals surface area contributed by atoms with Gasteiger partial charge in [0.05, 0.1) is 0 Å². The molecule has 1 nitrogen and oxygen atoms in total. The average Bonchev–Trinajstić information content (AvgIpc) is 2.14. The topological polar surface area (TPSA) is 17.1 Å². The second-order valence-electron chi connectivity index (χ2n) is 2.72. The Morgan fingerprint density at radius 1 is 1.56 bits per heavy atom. The molecule has 1 rings (SSSR count). The average molecular weight is 147 g/mol. The molecule has 2 heteroatoms. The number of hydrogen-bond donors (Lipinski definition) is 0. The van der Waals surface area contributed by atoms with Crippen LogP contribution in [-0.4, -0.2) is 11.2 Å². The summed E-state index contributed by atoms with van der Waals surface area (Å²) in [4.78, 5) is 10.7. The van der Waals surface area contributed by atoms with Gasteiger partial charge in [-0.25, -0.2) is 0 Å². The van der Waals surface area contributed by atoms with Gasteiger partial charge in [-0.3, -0.25) is 4.79 Å². The van der Waals surface area contributed by atoms with Gasteiger partial charge in [0, 0.05) is 11.3 Å². The third kappa shape index (κ3) is 1.68. The summed E-state index contributed by atoms with van der Waals surface area (Å²) < 4.78 is 0. The molecule has 0 bridgehead atoms. The summed E-state index contributed by atoms with van der Waals surface area (Å²) in [6.07, 6.45) is 2.92. The number of Topliss-reactive ketones (excluding diaryl/α,β-unsaturated/α-hetero) is 1. The molecule has 52 valence electrons. The maximum Gasteiger partial charge on any atom is 0.132 e. The fourth-order valence-electron chi connectivity index (χ4n) is 1.30. The zero-order chi connectivity index (χ0) is 6.85. The van der Waals surface area contributed by atoms with E-state index in [1.54, 1.807) is 6.92 Å².